The summed E-state index contributed by atoms with van der Waals surface area (Å²) < 4.78 is 37.1. The Morgan fingerprint density at radius 2 is 1.58 bits per heavy atom. The zero-order chi connectivity index (χ0) is 18.7. The molecule has 0 fully saturated rings. The standard InChI is InChI=1S/C18H20N2O5S/c1-3-26(22,23)20-14-10-8-13(9-11-14)19-18(21)17-12(2)24-15-6-4-5-7-16(15)25-17/h4-12,17,20H,3H2,1-2H3,(H,19,21)/t12-,17-/m0/s1. The molecule has 1 amide bonds. The molecule has 2 N–H and O–H groups in total. The Labute approximate surface area is 152 Å². The lowest BCUT2D eigenvalue weighted by molar-refractivity contribution is -0.128. The normalized spacial score (nSPS) is 18.8. The van der Waals surface area contributed by atoms with E-state index in [0.29, 0.717) is 22.9 Å². The number of hydrogen-bond donors (Lipinski definition) is 2. The first-order valence-electron chi connectivity index (χ1n) is 8.22. The van der Waals surface area contributed by atoms with Crippen LogP contribution in [0.25, 0.3) is 0 Å². The number of carbonyl (C=O) groups is 1. The van der Waals surface area contributed by atoms with Crippen molar-refractivity contribution < 1.29 is 22.7 Å². The van der Waals surface area contributed by atoms with Crippen LogP contribution >= 0.6 is 0 Å². The Kier molecular flexibility index (Phi) is 5.03. The molecule has 0 saturated heterocycles. The molecule has 8 heteroatoms. The Morgan fingerprint density at radius 1 is 1.00 bits per heavy atom. The number of nitrogens with one attached hydrogen (secondary N) is 2. The van der Waals surface area contributed by atoms with E-state index in [1.54, 1.807) is 50.2 Å². The van der Waals surface area contributed by atoms with Crippen molar-refractivity contribution in [2.45, 2.75) is 26.1 Å². The summed E-state index contributed by atoms with van der Waals surface area (Å²) in [5, 5.41) is 2.76. The molecule has 1 aliphatic rings. The Hall–Kier alpha value is -2.74. The average molecular weight is 376 g/mol. The van der Waals surface area contributed by atoms with Crippen LogP contribution in [0.2, 0.25) is 0 Å². The summed E-state index contributed by atoms with van der Waals surface area (Å²) in [5.74, 6) is 0.782. The summed E-state index contributed by atoms with van der Waals surface area (Å²) in [6.45, 7) is 3.32. The van der Waals surface area contributed by atoms with Crippen LogP contribution in [0, 0.1) is 0 Å². The molecule has 0 radical (unpaired) electrons. The highest BCUT2D eigenvalue weighted by Gasteiger charge is 2.34. The molecule has 2 atom stereocenters. The molecular weight excluding hydrogens is 356 g/mol. The quantitative estimate of drug-likeness (QED) is 0.837. The van der Waals surface area contributed by atoms with Gasteiger partial charge in [0.2, 0.25) is 16.1 Å². The zero-order valence-corrected chi connectivity index (χ0v) is 15.2. The fourth-order valence-corrected chi connectivity index (χ4v) is 3.13. The van der Waals surface area contributed by atoms with Gasteiger partial charge >= 0.3 is 0 Å². The Balaban J connectivity index is 1.67. The van der Waals surface area contributed by atoms with Gasteiger partial charge in [0.05, 0.1) is 5.75 Å². The van der Waals surface area contributed by atoms with Crippen molar-refractivity contribution >= 4 is 27.3 Å². The second-order valence-corrected chi connectivity index (χ2v) is 7.89. The van der Waals surface area contributed by atoms with E-state index in [0.717, 1.165) is 0 Å². The number of sulfonamides is 1. The van der Waals surface area contributed by atoms with Crippen molar-refractivity contribution in [2.24, 2.45) is 0 Å². The number of hydrogen-bond acceptors (Lipinski definition) is 5. The highest BCUT2D eigenvalue weighted by Crippen LogP contribution is 2.33. The molecule has 0 unspecified atom stereocenters. The molecule has 0 bridgehead atoms. The third kappa shape index (κ3) is 4.08. The SMILES string of the molecule is CCS(=O)(=O)Nc1ccc(NC(=O)[C@H]2Oc3ccccc3O[C@H]2C)cc1. The summed E-state index contributed by atoms with van der Waals surface area (Å²) in [4.78, 5) is 12.5. The maximum atomic E-state index is 12.5. The van der Waals surface area contributed by atoms with Crippen molar-refractivity contribution in [3.63, 3.8) is 0 Å². The van der Waals surface area contributed by atoms with E-state index in [2.05, 4.69) is 10.0 Å². The predicted octanol–water partition coefficient (Wildman–Crippen LogP) is 2.62. The summed E-state index contributed by atoms with van der Waals surface area (Å²) in [7, 11) is -3.34. The first kappa shape index (κ1) is 18.1. The summed E-state index contributed by atoms with van der Waals surface area (Å²) in [6, 6.07) is 13.6. The van der Waals surface area contributed by atoms with Crippen LogP contribution in [0.5, 0.6) is 11.5 Å². The Bertz CT molecular complexity index is 896. The fraction of sp³-hybridized carbons (Fsp3) is 0.278. The van der Waals surface area contributed by atoms with E-state index >= 15 is 0 Å². The third-order valence-corrected chi connectivity index (χ3v) is 5.21. The lowest BCUT2D eigenvalue weighted by Gasteiger charge is -2.31. The van der Waals surface area contributed by atoms with Crippen molar-refractivity contribution in [1.29, 1.82) is 0 Å². The number of ether oxygens (including phenoxy) is 2. The monoisotopic (exact) mass is 376 g/mol. The highest BCUT2D eigenvalue weighted by atomic mass is 32.2. The fourth-order valence-electron chi connectivity index (χ4n) is 2.49. The van der Waals surface area contributed by atoms with Crippen LogP contribution < -0.4 is 19.5 Å². The minimum Gasteiger partial charge on any atom is -0.482 e. The molecule has 7 nitrogen and oxygen atoms in total. The van der Waals surface area contributed by atoms with E-state index in [1.165, 1.54) is 0 Å². The first-order valence-corrected chi connectivity index (χ1v) is 9.87. The molecule has 0 aromatic heterocycles. The van der Waals surface area contributed by atoms with Gasteiger partial charge < -0.3 is 14.8 Å². The third-order valence-electron chi connectivity index (χ3n) is 3.91. The van der Waals surface area contributed by atoms with E-state index in [-0.39, 0.29) is 11.7 Å². The van der Waals surface area contributed by atoms with Gasteiger partial charge in [-0.05, 0) is 50.2 Å². The highest BCUT2D eigenvalue weighted by molar-refractivity contribution is 7.92. The summed E-state index contributed by atoms with van der Waals surface area (Å²) in [6.07, 6.45) is -1.23. The molecule has 1 aliphatic heterocycles. The van der Waals surface area contributed by atoms with E-state index in [4.69, 9.17) is 9.47 Å². The lowest BCUT2D eigenvalue weighted by atomic mass is 10.1. The minimum absolute atomic E-state index is 0.0101. The number of rotatable bonds is 5. The smallest absolute Gasteiger partial charge is 0.269 e. The second kappa shape index (κ2) is 7.25. The second-order valence-electron chi connectivity index (χ2n) is 5.88. The number of anilines is 2. The van der Waals surface area contributed by atoms with Gasteiger partial charge in [0, 0.05) is 11.4 Å². The van der Waals surface area contributed by atoms with Crippen LogP contribution in [0.15, 0.2) is 48.5 Å². The molecule has 2 aromatic rings. The number of amides is 1. The average Bonchev–Trinajstić information content (AvgIpc) is 2.62. The summed E-state index contributed by atoms with van der Waals surface area (Å²) >= 11 is 0. The van der Waals surface area contributed by atoms with Crippen LogP contribution in [0.4, 0.5) is 11.4 Å². The summed E-state index contributed by atoms with van der Waals surface area (Å²) in [5.41, 5.74) is 0.966. The molecule has 0 aliphatic carbocycles. The number of fused-ring (bicyclic) bond motifs is 1. The minimum atomic E-state index is -3.34. The maximum Gasteiger partial charge on any atom is 0.269 e. The molecule has 0 saturated carbocycles. The van der Waals surface area contributed by atoms with Gasteiger partial charge in [-0.2, -0.15) is 0 Å². The zero-order valence-electron chi connectivity index (χ0n) is 14.4. The van der Waals surface area contributed by atoms with E-state index in [9.17, 15) is 13.2 Å². The van der Waals surface area contributed by atoms with Gasteiger partial charge in [0.15, 0.2) is 11.5 Å². The maximum absolute atomic E-state index is 12.5. The van der Waals surface area contributed by atoms with E-state index < -0.39 is 22.2 Å². The van der Waals surface area contributed by atoms with Gasteiger partial charge in [-0.1, -0.05) is 12.1 Å². The largest absolute Gasteiger partial charge is 0.482 e. The first-order chi connectivity index (χ1) is 12.4. The van der Waals surface area contributed by atoms with Crippen molar-refractivity contribution in [1.82, 2.24) is 0 Å². The number of para-hydroxylation sites is 2. The van der Waals surface area contributed by atoms with Gasteiger partial charge in [-0.15, -0.1) is 0 Å². The van der Waals surface area contributed by atoms with Gasteiger partial charge in [-0.25, -0.2) is 8.42 Å². The molecule has 26 heavy (non-hydrogen) atoms. The van der Waals surface area contributed by atoms with Crippen LogP contribution in [0.1, 0.15) is 13.8 Å². The predicted molar refractivity (Wildman–Crippen MR) is 99.1 cm³/mol. The van der Waals surface area contributed by atoms with Gasteiger partial charge in [0.1, 0.15) is 6.10 Å². The number of benzene rings is 2. The van der Waals surface area contributed by atoms with Gasteiger partial charge in [0.25, 0.3) is 5.91 Å². The van der Waals surface area contributed by atoms with Crippen molar-refractivity contribution in [2.75, 3.05) is 15.8 Å². The molecule has 0 spiro atoms. The van der Waals surface area contributed by atoms with Gasteiger partial charge in [-0.3, -0.25) is 9.52 Å². The Morgan fingerprint density at radius 3 is 2.19 bits per heavy atom. The molecular formula is C18H20N2O5S. The topological polar surface area (TPSA) is 93.7 Å². The number of carbonyl (C=O) groups excluding carboxylic acids is 1. The van der Waals surface area contributed by atoms with E-state index in [1.807, 2.05) is 12.1 Å². The molecule has 138 valence electrons. The van der Waals surface area contributed by atoms with Crippen LogP contribution in [0.3, 0.4) is 0 Å². The van der Waals surface area contributed by atoms with Crippen LogP contribution in [-0.2, 0) is 14.8 Å². The van der Waals surface area contributed by atoms with Crippen molar-refractivity contribution in [3.05, 3.63) is 48.5 Å². The molecule has 1 heterocycles. The molecule has 3 rings (SSSR count). The lowest BCUT2D eigenvalue weighted by Crippen LogP contribution is -2.46. The van der Waals surface area contributed by atoms with Crippen molar-refractivity contribution in [3.8, 4) is 11.5 Å². The van der Waals surface area contributed by atoms with Crippen LogP contribution in [-0.4, -0.2) is 32.3 Å². The molecule has 2 aromatic carbocycles.